The predicted octanol–water partition coefficient (Wildman–Crippen LogP) is 2.42. The molecule has 1 nitrogen and oxygen atoms in total. The minimum Gasteiger partial charge on any atom is -0.497 e. The van der Waals surface area contributed by atoms with Crippen LogP contribution in [0.2, 0.25) is 0 Å². The van der Waals surface area contributed by atoms with Gasteiger partial charge in [-0.1, -0.05) is 18.2 Å². The highest BCUT2D eigenvalue weighted by Gasteiger charge is 1.90. The van der Waals surface area contributed by atoms with Crippen molar-refractivity contribution in [3.05, 3.63) is 42.4 Å². The fraction of sp³-hybridized carbons (Fsp3) is 0.200. The van der Waals surface area contributed by atoms with Gasteiger partial charge in [-0.05, 0) is 24.1 Å². The van der Waals surface area contributed by atoms with Gasteiger partial charge in [-0.25, -0.2) is 0 Å². The number of hydrogen-bond donors (Lipinski definition) is 0. The topological polar surface area (TPSA) is 9.23 Å². The van der Waals surface area contributed by atoms with E-state index in [1.807, 2.05) is 0 Å². The monoisotopic (exact) mass is 152 g/mol. The number of rotatable bonds is 3. The highest BCUT2D eigenvalue weighted by Crippen LogP contribution is 2.11. The molecule has 1 rings (SSSR count). The van der Waals surface area contributed by atoms with E-state index in [0.717, 1.165) is 0 Å². The maximum atomic E-state index is 7.66. The minimum atomic E-state index is -0.143. The number of ether oxygens (including phenoxy) is 1. The van der Waals surface area contributed by atoms with Gasteiger partial charge in [0.2, 0.25) is 0 Å². The largest absolute Gasteiger partial charge is 0.497 e. The molecule has 0 saturated carbocycles. The molecule has 0 amide bonds. The molecule has 58 valence electrons. The standard InChI is InChI=1S/C10H12O/c1-3-4-9-5-7-10(11-2)8-6-9/h3,5-8H,1,4H2,2H3/i5D,6D,7D,8D. The summed E-state index contributed by atoms with van der Waals surface area (Å²) in [4.78, 5) is 0. The Balaban J connectivity index is 3.50. The molecule has 0 N–H and O–H groups in total. The fourth-order valence-corrected chi connectivity index (χ4v) is 0.675. The van der Waals surface area contributed by atoms with E-state index in [1.165, 1.54) is 7.11 Å². The molecule has 0 spiro atoms. The molecule has 0 unspecified atom stereocenters. The van der Waals surface area contributed by atoms with Crippen LogP contribution >= 0.6 is 0 Å². The normalized spacial score (nSPS) is 14.3. The van der Waals surface area contributed by atoms with Crippen molar-refractivity contribution < 1.29 is 10.2 Å². The van der Waals surface area contributed by atoms with Gasteiger partial charge in [-0.15, -0.1) is 6.58 Å². The predicted molar refractivity (Wildman–Crippen MR) is 46.9 cm³/mol. The highest BCUT2D eigenvalue weighted by molar-refractivity contribution is 5.27. The molecule has 0 fully saturated rings. The lowest BCUT2D eigenvalue weighted by Gasteiger charge is -1.99. The molecule has 1 heteroatoms. The zero-order chi connectivity index (χ0) is 11.6. The van der Waals surface area contributed by atoms with Crippen LogP contribution in [0.25, 0.3) is 0 Å². The average molecular weight is 152 g/mol. The second-order valence-electron chi connectivity index (χ2n) is 2.00. The van der Waals surface area contributed by atoms with E-state index in [9.17, 15) is 0 Å². The van der Waals surface area contributed by atoms with Crippen molar-refractivity contribution in [1.82, 2.24) is 0 Å². The zero-order valence-electron chi connectivity index (χ0n) is 10.4. The first-order valence-electron chi connectivity index (χ1n) is 5.28. The fourth-order valence-electron chi connectivity index (χ4n) is 0.675. The summed E-state index contributed by atoms with van der Waals surface area (Å²) in [7, 11) is 1.33. The average Bonchev–Trinajstić information content (AvgIpc) is 2.23. The van der Waals surface area contributed by atoms with E-state index in [4.69, 9.17) is 10.2 Å². The summed E-state index contributed by atoms with van der Waals surface area (Å²) >= 11 is 0. The van der Waals surface area contributed by atoms with Crippen LogP contribution < -0.4 is 4.74 Å². The maximum Gasteiger partial charge on any atom is 0.118 e. The summed E-state index contributed by atoms with van der Waals surface area (Å²) in [5.41, 5.74) is 0.348. The first-order valence-corrected chi connectivity index (χ1v) is 3.28. The third kappa shape index (κ3) is 2.11. The maximum absolute atomic E-state index is 7.66. The molecule has 0 saturated heterocycles. The molecular weight excluding hydrogens is 136 g/mol. The molecule has 0 aliphatic rings. The van der Waals surface area contributed by atoms with Crippen molar-refractivity contribution >= 4 is 0 Å². The molecule has 1 aromatic carbocycles. The van der Waals surface area contributed by atoms with Crippen LogP contribution in [0.1, 0.15) is 11.0 Å². The number of allylic oxidation sites excluding steroid dienone is 1. The van der Waals surface area contributed by atoms with Crippen LogP contribution in [0.5, 0.6) is 5.75 Å². The van der Waals surface area contributed by atoms with Gasteiger partial charge in [0.25, 0.3) is 0 Å². The van der Waals surface area contributed by atoms with Crippen molar-refractivity contribution in [2.45, 2.75) is 6.42 Å². The van der Waals surface area contributed by atoms with Crippen LogP contribution in [0.3, 0.4) is 0 Å². The Labute approximate surface area is 72.9 Å². The van der Waals surface area contributed by atoms with Crippen molar-refractivity contribution in [2.75, 3.05) is 7.11 Å². The zero-order valence-corrected chi connectivity index (χ0v) is 6.40. The number of benzene rings is 1. The minimum absolute atomic E-state index is 0.0159. The van der Waals surface area contributed by atoms with Gasteiger partial charge in [0.05, 0.1) is 12.6 Å². The molecule has 0 aliphatic carbocycles. The highest BCUT2D eigenvalue weighted by atomic mass is 16.5. The molecule has 0 heterocycles. The van der Waals surface area contributed by atoms with Crippen molar-refractivity contribution in [3.63, 3.8) is 0 Å². The van der Waals surface area contributed by atoms with Gasteiger partial charge in [0, 0.05) is 0 Å². The van der Waals surface area contributed by atoms with Crippen LogP contribution in [-0.2, 0) is 6.42 Å². The van der Waals surface area contributed by atoms with E-state index in [2.05, 4.69) is 6.58 Å². The lowest BCUT2D eigenvalue weighted by atomic mass is 10.1. The lowest BCUT2D eigenvalue weighted by molar-refractivity contribution is 0.414. The third-order valence-corrected chi connectivity index (χ3v) is 1.21. The van der Waals surface area contributed by atoms with E-state index in [-0.39, 0.29) is 29.9 Å². The van der Waals surface area contributed by atoms with Gasteiger partial charge >= 0.3 is 0 Å². The third-order valence-electron chi connectivity index (χ3n) is 1.21. The van der Waals surface area contributed by atoms with Gasteiger partial charge in [0.1, 0.15) is 5.75 Å². The van der Waals surface area contributed by atoms with Gasteiger partial charge in [0.15, 0.2) is 0 Å². The molecule has 0 bridgehead atoms. The van der Waals surface area contributed by atoms with Crippen molar-refractivity contribution in [1.29, 1.82) is 0 Å². The first-order chi connectivity index (χ1) is 7.04. The lowest BCUT2D eigenvalue weighted by Crippen LogP contribution is -1.83. The van der Waals surface area contributed by atoms with Gasteiger partial charge < -0.3 is 4.74 Å². The van der Waals surface area contributed by atoms with E-state index >= 15 is 0 Å². The summed E-state index contributed by atoms with van der Waals surface area (Å²) in [6.45, 7) is 3.52. The van der Waals surface area contributed by atoms with E-state index in [0.29, 0.717) is 12.0 Å². The smallest absolute Gasteiger partial charge is 0.118 e. The molecular formula is C10H12O. The van der Waals surface area contributed by atoms with E-state index < -0.39 is 0 Å². The van der Waals surface area contributed by atoms with E-state index in [1.54, 1.807) is 6.08 Å². The Kier molecular flexibility index (Phi) is 1.37. The summed E-state index contributed by atoms with van der Waals surface area (Å²) < 4.78 is 35.4. The number of methoxy groups -OCH3 is 1. The Bertz CT molecular complexity index is 372. The van der Waals surface area contributed by atoms with Crippen molar-refractivity contribution in [3.8, 4) is 5.75 Å². The molecule has 0 aromatic heterocycles. The molecule has 0 atom stereocenters. The summed E-state index contributed by atoms with van der Waals surface area (Å²) in [5.74, 6) is -0.0159. The second kappa shape index (κ2) is 3.81. The second-order valence-corrected chi connectivity index (χ2v) is 2.00. The van der Waals surface area contributed by atoms with Gasteiger partial charge in [-0.2, -0.15) is 0 Å². The summed E-state index contributed by atoms with van der Waals surface area (Å²) in [6, 6.07) is -0.411. The quantitative estimate of drug-likeness (QED) is 0.604. The van der Waals surface area contributed by atoms with Gasteiger partial charge in [-0.3, -0.25) is 0 Å². The Morgan fingerprint density at radius 3 is 2.64 bits per heavy atom. The molecule has 11 heavy (non-hydrogen) atoms. The molecule has 1 aromatic rings. The van der Waals surface area contributed by atoms with Crippen molar-refractivity contribution in [2.24, 2.45) is 0 Å². The van der Waals surface area contributed by atoms with Crippen LogP contribution in [0.15, 0.2) is 36.8 Å². The number of hydrogen-bond acceptors (Lipinski definition) is 1. The molecule has 0 aliphatic heterocycles. The Morgan fingerprint density at radius 1 is 1.55 bits per heavy atom. The van der Waals surface area contributed by atoms with Crippen LogP contribution in [0, 0.1) is 0 Å². The first kappa shape index (κ1) is 3.96. The van der Waals surface area contributed by atoms with Crippen LogP contribution in [0.4, 0.5) is 0 Å². The summed E-state index contributed by atoms with van der Waals surface area (Å²) in [6.07, 6.45) is 1.87. The molecule has 0 radical (unpaired) electrons. The van der Waals surface area contributed by atoms with Crippen LogP contribution in [-0.4, -0.2) is 7.11 Å². The SMILES string of the molecule is [2H]c1c([2H])c(OC)c([2H])c([2H])c1CC=C. The summed E-state index contributed by atoms with van der Waals surface area (Å²) in [5, 5.41) is 0. The Hall–Kier alpha value is -1.24. The Morgan fingerprint density at radius 2 is 2.18 bits per heavy atom.